The fraction of sp³-hybridized carbons (Fsp3) is 0.538. The number of pyridine rings is 1. The highest BCUT2D eigenvalue weighted by Crippen LogP contribution is 2.46. The average Bonchev–Trinajstić information content (AvgIpc) is 2.38. The van der Waals surface area contributed by atoms with Gasteiger partial charge < -0.3 is 15.7 Å². The van der Waals surface area contributed by atoms with Crippen molar-refractivity contribution in [3.63, 3.8) is 0 Å². The Balaban J connectivity index is 2.52. The first-order chi connectivity index (χ1) is 9.33. The minimum atomic E-state index is -3.60. The van der Waals surface area contributed by atoms with Gasteiger partial charge >= 0.3 is 5.97 Å². The van der Waals surface area contributed by atoms with Gasteiger partial charge in [-0.05, 0) is 43.9 Å². The lowest BCUT2D eigenvalue weighted by atomic mass is 10.0. The summed E-state index contributed by atoms with van der Waals surface area (Å²) in [4.78, 5) is 24.8. The van der Waals surface area contributed by atoms with Crippen LogP contribution in [-0.2, 0) is 15.8 Å². The van der Waals surface area contributed by atoms with Gasteiger partial charge in [0, 0.05) is 18.6 Å². The molecule has 0 fully saturated rings. The first-order valence-electron chi connectivity index (χ1n) is 6.51. The van der Waals surface area contributed by atoms with Gasteiger partial charge in [0.05, 0.1) is 11.7 Å². The topological polar surface area (TPSA) is 114 Å². The van der Waals surface area contributed by atoms with E-state index in [2.05, 4.69) is 4.98 Å². The zero-order chi connectivity index (χ0) is 15.2. The van der Waals surface area contributed by atoms with E-state index in [0.29, 0.717) is 12.8 Å². The first-order valence-corrected chi connectivity index (χ1v) is 8.43. The van der Waals surface area contributed by atoms with Crippen LogP contribution in [-0.4, -0.2) is 32.9 Å². The van der Waals surface area contributed by atoms with Gasteiger partial charge in [0.15, 0.2) is 0 Å². The number of nitrogens with two attached hydrogens (primary N) is 1. The molecule has 1 aromatic heterocycles. The predicted molar refractivity (Wildman–Crippen MR) is 76.6 cm³/mol. The van der Waals surface area contributed by atoms with E-state index in [1.165, 1.54) is 6.92 Å². The number of aromatic nitrogens is 1. The van der Waals surface area contributed by atoms with Gasteiger partial charge in [0.1, 0.15) is 0 Å². The highest BCUT2D eigenvalue weighted by atomic mass is 31.2. The summed E-state index contributed by atoms with van der Waals surface area (Å²) in [6, 6.07) is 3.74. The molecule has 0 saturated heterocycles. The Labute approximate surface area is 118 Å². The van der Waals surface area contributed by atoms with Gasteiger partial charge in [-0.15, -0.1) is 0 Å². The summed E-state index contributed by atoms with van der Waals surface area (Å²) in [5.74, 6) is -2.78. The van der Waals surface area contributed by atoms with Gasteiger partial charge in [-0.25, -0.2) is 0 Å². The molecule has 1 aromatic rings. The zero-order valence-corrected chi connectivity index (χ0v) is 12.4. The second kappa shape index (κ2) is 7.53. The molecule has 0 aliphatic rings. The number of hydrogen-bond donors (Lipinski definition) is 3. The molecule has 112 valence electrons. The monoisotopic (exact) mass is 300 g/mol. The van der Waals surface area contributed by atoms with Gasteiger partial charge in [-0.1, -0.05) is 0 Å². The van der Waals surface area contributed by atoms with Crippen LogP contribution in [0.5, 0.6) is 0 Å². The lowest BCUT2D eigenvalue weighted by Crippen LogP contribution is -2.24. The molecule has 0 aliphatic carbocycles. The standard InChI is InChI=1S/C13H21N2O4P/c1-10(14)20(18,19)9-12(13(16)17)4-2-3-11-5-7-15-8-6-11/h5-8,10,12H,2-4,9,14H2,1H3,(H,16,17)(H,18,19). The lowest BCUT2D eigenvalue weighted by Gasteiger charge is -2.19. The van der Waals surface area contributed by atoms with Crippen LogP contribution in [0.2, 0.25) is 0 Å². The van der Waals surface area contributed by atoms with Crippen molar-refractivity contribution in [3.8, 4) is 0 Å². The second-order valence-electron chi connectivity index (χ2n) is 4.96. The Morgan fingerprint density at radius 1 is 1.45 bits per heavy atom. The largest absolute Gasteiger partial charge is 0.481 e. The fourth-order valence-corrected chi connectivity index (χ4v) is 3.18. The molecule has 1 heterocycles. The van der Waals surface area contributed by atoms with Crippen LogP contribution in [0.25, 0.3) is 0 Å². The molecule has 0 aromatic carbocycles. The molecular weight excluding hydrogens is 279 g/mol. The molecule has 0 spiro atoms. The van der Waals surface area contributed by atoms with Crippen molar-refractivity contribution >= 4 is 13.3 Å². The van der Waals surface area contributed by atoms with Crippen molar-refractivity contribution < 1.29 is 19.4 Å². The van der Waals surface area contributed by atoms with Crippen LogP contribution < -0.4 is 5.73 Å². The number of carbonyl (C=O) groups is 1. The van der Waals surface area contributed by atoms with E-state index in [-0.39, 0.29) is 6.16 Å². The third kappa shape index (κ3) is 5.41. The van der Waals surface area contributed by atoms with Crippen LogP contribution >= 0.6 is 7.37 Å². The summed E-state index contributed by atoms with van der Waals surface area (Å²) in [5.41, 5.74) is 6.50. The molecule has 0 aliphatic heterocycles. The molecule has 0 amide bonds. The highest BCUT2D eigenvalue weighted by molar-refractivity contribution is 7.58. The summed E-state index contributed by atoms with van der Waals surface area (Å²) in [5, 5.41) is 9.13. The maximum absolute atomic E-state index is 11.8. The third-order valence-electron chi connectivity index (χ3n) is 3.24. The molecule has 7 heteroatoms. The van der Waals surface area contributed by atoms with Gasteiger partial charge in [-0.2, -0.15) is 0 Å². The highest BCUT2D eigenvalue weighted by Gasteiger charge is 2.31. The molecule has 4 N–H and O–H groups in total. The molecule has 3 atom stereocenters. The summed E-state index contributed by atoms with van der Waals surface area (Å²) in [7, 11) is -3.60. The van der Waals surface area contributed by atoms with E-state index in [1.807, 2.05) is 12.1 Å². The van der Waals surface area contributed by atoms with E-state index in [4.69, 9.17) is 10.8 Å². The van der Waals surface area contributed by atoms with E-state index >= 15 is 0 Å². The first kappa shape index (κ1) is 16.8. The molecule has 1 rings (SSSR count). The molecule has 3 unspecified atom stereocenters. The SMILES string of the molecule is CC(N)P(=O)(O)CC(CCCc1ccncc1)C(=O)O. The smallest absolute Gasteiger partial charge is 0.307 e. The minimum absolute atomic E-state index is 0.268. The van der Waals surface area contributed by atoms with Crippen molar-refractivity contribution in [2.45, 2.75) is 32.0 Å². The Hall–Kier alpha value is -1.23. The molecule has 6 nitrogen and oxygen atoms in total. The van der Waals surface area contributed by atoms with Crippen molar-refractivity contribution in [1.29, 1.82) is 0 Å². The number of hydrogen-bond acceptors (Lipinski definition) is 4. The molecule has 20 heavy (non-hydrogen) atoms. The maximum Gasteiger partial charge on any atom is 0.307 e. The second-order valence-corrected chi connectivity index (χ2v) is 7.65. The zero-order valence-electron chi connectivity index (χ0n) is 11.5. The number of carboxylic acid groups (broad SMARTS) is 1. The number of aliphatic carboxylic acids is 1. The molecule has 0 bridgehead atoms. The Morgan fingerprint density at radius 2 is 2.05 bits per heavy atom. The third-order valence-corrected chi connectivity index (χ3v) is 5.47. The van der Waals surface area contributed by atoms with Crippen LogP contribution in [0.15, 0.2) is 24.5 Å². The summed E-state index contributed by atoms with van der Waals surface area (Å²) in [6.07, 6.45) is 4.81. The maximum atomic E-state index is 11.8. The number of carboxylic acids is 1. The summed E-state index contributed by atoms with van der Waals surface area (Å²) < 4.78 is 11.8. The van der Waals surface area contributed by atoms with Crippen LogP contribution in [0.1, 0.15) is 25.3 Å². The Morgan fingerprint density at radius 3 is 2.55 bits per heavy atom. The van der Waals surface area contributed by atoms with Crippen molar-refractivity contribution in [2.24, 2.45) is 11.7 Å². The van der Waals surface area contributed by atoms with E-state index in [1.54, 1.807) is 12.4 Å². The Bertz CT molecular complexity index is 479. The number of aryl methyl sites for hydroxylation is 1. The van der Waals surface area contributed by atoms with E-state index in [0.717, 1.165) is 12.0 Å². The summed E-state index contributed by atoms with van der Waals surface area (Å²) in [6.45, 7) is 1.43. The fourth-order valence-electron chi connectivity index (χ4n) is 1.88. The van der Waals surface area contributed by atoms with Gasteiger partial charge in [-0.3, -0.25) is 14.3 Å². The van der Waals surface area contributed by atoms with E-state index < -0.39 is 25.0 Å². The average molecular weight is 300 g/mol. The molecule has 0 radical (unpaired) electrons. The van der Waals surface area contributed by atoms with Crippen LogP contribution in [0.4, 0.5) is 0 Å². The Kier molecular flexibility index (Phi) is 6.33. The summed E-state index contributed by atoms with van der Waals surface area (Å²) >= 11 is 0. The van der Waals surface area contributed by atoms with E-state index in [9.17, 15) is 14.3 Å². The van der Waals surface area contributed by atoms with Crippen molar-refractivity contribution in [1.82, 2.24) is 4.98 Å². The number of nitrogens with zero attached hydrogens (tertiary/aromatic N) is 1. The van der Waals surface area contributed by atoms with Crippen LogP contribution in [0.3, 0.4) is 0 Å². The van der Waals surface area contributed by atoms with Crippen LogP contribution in [0, 0.1) is 5.92 Å². The van der Waals surface area contributed by atoms with Crippen molar-refractivity contribution in [3.05, 3.63) is 30.1 Å². The quantitative estimate of drug-likeness (QED) is 0.629. The predicted octanol–water partition coefficient (Wildman–Crippen LogP) is 1.68. The molecular formula is C13H21N2O4P. The molecule has 0 saturated carbocycles. The number of rotatable bonds is 8. The van der Waals surface area contributed by atoms with Crippen molar-refractivity contribution in [2.75, 3.05) is 6.16 Å². The normalized spacial score (nSPS) is 17.1. The van der Waals surface area contributed by atoms with Gasteiger partial charge in [0.2, 0.25) is 7.37 Å². The van der Waals surface area contributed by atoms with Gasteiger partial charge in [0.25, 0.3) is 0 Å². The minimum Gasteiger partial charge on any atom is -0.481 e. The lowest BCUT2D eigenvalue weighted by molar-refractivity contribution is -0.141.